The highest BCUT2D eigenvalue weighted by Gasteiger charge is 2.44. The SMILES string of the molecule is Cc1cccc(C)c1C(=O)N1CC2CN([C@@H](CC(N)=O)c3cccc(F)c3)CC2C1. The second-order valence-electron chi connectivity index (χ2n) is 8.69. The van der Waals surface area contributed by atoms with Crippen LogP contribution in [0.5, 0.6) is 0 Å². The molecule has 0 aromatic heterocycles. The Bertz CT molecular complexity index is 942. The molecule has 2 heterocycles. The van der Waals surface area contributed by atoms with Crippen LogP contribution in [0.15, 0.2) is 42.5 Å². The normalized spacial score (nSPS) is 22.2. The van der Waals surface area contributed by atoms with Crippen molar-refractivity contribution >= 4 is 11.8 Å². The van der Waals surface area contributed by atoms with Gasteiger partial charge in [0.2, 0.25) is 5.91 Å². The van der Waals surface area contributed by atoms with E-state index in [0.717, 1.165) is 35.3 Å². The lowest BCUT2D eigenvalue weighted by Crippen LogP contribution is -2.36. The van der Waals surface area contributed by atoms with Crippen LogP contribution >= 0.6 is 0 Å². The molecule has 0 aliphatic carbocycles. The number of fused-ring (bicyclic) bond motifs is 1. The molecule has 2 amide bonds. The summed E-state index contributed by atoms with van der Waals surface area (Å²) in [6.07, 6.45) is 0.161. The molecule has 5 nitrogen and oxygen atoms in total. The monoisotopic (exact) mass is 409 g/mol. The smallest absolute Gasteiger partial charge is 0.254 e. The average Bonchev–Trinajstić information content (AvgIpc) is 3.25. The van der Waals surface area contributed by atoms with Gasteiger partial charge in [0.1, 0.15) is 5.82 Å². The lowest BCUT2D eigenvalue weighted by molar-refractivity contribution is -0.119. The van der Waals surface area contributed by atoms with Crippen LogP contribution in [0.2, 0.25) is 0 Å². The number of nitrogens with zero attached hydrogens (tertiary/aromatic N) is 2. The molecule has 2 saturated heterocycles. The molecule has 4 rings (SSSR count). The van der Waals surface area contributed by atoms with Crippen molar-refractivity contribution in [3.8, 4) is 0 Å². The Hall–Kier alpha value is -2.73. The van der Waals surface area contributed by atoms with Crippen molar-refractivity contribution < 1.29 is 14.0 Å². The number of aryl methyl sites for hydroxylation is 2. The first-order valence-corrected chi connectivity index (χ1v) is 10.5. The Kier molecular flexibility index (Phi) is 5.60. The van der Waals surface area contributed by atoms with Crippen LogP contribution in [-0.4, -0.2) is 47.8 Å². The molecule has 0 spiro atoms. The van der Waals surface area contributed by atoms with Crippen molar-refractivity contribution in [2.24, 2.45) is 17.6 Å². The molecule has 2 aromatic carbocycles. The minimum atomic E-state index is -0.395. The maximum atomic E-state index is 13.8. The van der Waals surface area contributed by atoms with E-state index in [1.54, 1.807) is 6.07 Å². The zero-order valence-corrected chi connectivity index (χ0v) is 17.5. The summed E-state index contributed by atoms with van der Waals surface area (Å²) in [5, 5.41) is 0. The molecule has 6 heteroatoms. The molecule has 0 bridgehead atoms. The molecule has 2 aliphatic rings. The maximum Gasteiger partial charge on any atom is 0.254 e. The summed E-state index contributed by atoms with van der Waals surface area (Å²) in [7, 11) is 0. The van der Waals surface area contributed by atoms with Crippen LogP contribution < -0.4 is 5.73 Å². The van der Waals surface area contributed by atoms with E-state index in [-0.39, 0.29) is 24.2 Å². The van der Waals surface area contributed by atoms with E-state index in [1.807, 2.05) is 43.0 Å². The molecule has 158 valence electrons. The summed E-state index contributed by atoms with van der Waals surface area (Å²) >= 11 is 0. The van der Waals surface area contributed by atoms with Crippen molar-refractivity contribution in [2.45, 2.75) is 26.3 Å². The molecular weight excluding hydrogens is 381 g/mol. The van der Waals surface area contributed by atoms with Gasteiger partial charge in [-0.1, -0.05) is 30.3 Å². The average molecular weight is 410 g/mol. The van der Waals surface area contributed by atoms with Crippen LogP contribution in [0, 0.1) is 31.5 Å². The third kappa shape index (κ3) is 3.97. The lowest BCUT2D eigenvalue weighted by Gasteiger charge is -2.29. The highest BCUT2D eigenvalue weighted by Crippen LogP contribution is 2.38. The number of amides is 2. The molecule has 2 aliphatic heterocycles. The number of rotatable bonds is 5. The van der Waals surface area contributed by atoms with E-state index < -0.39 is 5.91 Å². The largest absolute Gasteiger partial charge is 0.370 e. The summed E-state index contributed by atoms with van der Waals surface area (Å²) in [5.74, 6) is 0.0923. The zero-order valence-electron chi connectivity index (χ0n) is 17.5. The lowest BCUT2D eigenvalue weighted by atomic mass is 10.0. The fourth-order valence-corrected chi connectivity index (χ4v) is 5.12. The second-order valence-corrected chi connectivity index (χ2v) is 8.69. The second kappa shape index (κ2) is 8.19. The van der Waals surface area contributed by atoms with Gasteiger partial charge >= 0.3 is 0 Å². The van der Waals surface area contributed by atoms with Gasteiger partial charge in [-0.05, 0) is 54.5 Å². The van der Waals surface area contributed by atoms with E-state index >= 15 is 0 Å². The highest BCUT2D eigenvalue weighted by atomic mass is 19.1. The first-order valence-electron chi connectivity index (χ1n) is 10.5. The fourth-order valence-electron chi connectivity index (χ4n) is 5.12. The Morgan fingerprint density at radius 3 is 2.20 bits per heavy atom. The van der Waals surface area contributed by atoms with E-state index in [0.29, 0.717) is 24.9 Å². The van der Waals surface area contributed by atoms with Crippen molar-refractivity contribution in [3.05, 3.63) is 70.5 Å². The predicted octanol–water partition coefficient (Wildman–Crippen LogP) is 3.06. The molecule has 2 aromatic rings. The summed E-state index contributed by atoms with van der Waals surface area (Å²) in [6.45, 7) is 6.92. The number of halogens is 1. The summed E-state index contributed by atoms with van der Waals surface area (Å²) < 4.78 is 13.8. The van der Waals surface area contributed by atoms with Gasteiger partial charge < -0.3 is 10.6 Å². The number of primary amides is 1. The molecule has 2 N–H and O–H groups in total. The number of nitrogens with two attached hydrogens (primary N) is 1. The number of hydrogen-bond acceptors (Lipinski definition) is 3. The van der Waals surface area contributed by atoms with Crippen molar-refractivity contribution in [2.75, 3.05) is 26.2 Å². The third-order valence-electron chi connectivity index (χ3n) is 6.57. The topological polar surface area (TPSA) is 66.6 Å². The Morgan fingerprint density at radius 1 is 1.03 bits per heavy atom. The summed E-state index contributed by atoms with van der Waals surface area (Å²) in [5.41, 5.74) is 9.09. The molecule has 2 fully saturated rings. The highest BCUT2D eigenvalue weighted by molar-refractivity contribution is 5.97. The first kappa shape index (κ1) is 20.5. The van der Waals surface area contributed by atoms with Gasteiger partial charge in [-0.25, -0.2) is 4.39 Å². The van der Waals surface area contributed by atoms with Crippen LogP contribution in [0.3, 0.4) is 0 Å². The Balaban J connectivity index is 1.48. The molecule has 30 heavy (non-hydrogen) atoms. The summed E-state index contributed by atoms with van der Waals surface area (Å²) in [4.78, 5) is 29.0. The Morgan fingerprint density at radius 2 is 1.63 bits per heavy atom. The standard InChI is InChI=1S/C24H28FN3O2/c1-15-5-3-6-16(2)23(15)24(30)28-13-18-11-27(12-19(18)14-28)21(10-22(26)29)17-7-4-8-20(25)9-17/h3-9,18-19,21H,10-14H2,1-2H3,(H2,26,29)/t18?,19?,21-/m0/s1. The molecule has 0 radical (unpaired) electrons. The van der Waals surface area contributed by atoms with Crippen LogP contribution in [0.4, 0.5) is 4.39 Å². The van der Waals surface area contributed by atoms with E-state index in [4.69, 9.17) is 5.73 Å². The third-order valence-corrected chi connectivity index (χ3v) is 6.57. The summed E-state index contributed by atoms with van der Waals surface area (Å²) in [6, 6.07) is 12.1. The van der Waals surface area contributed by atoms with Gasteiger partial charge in [-0.2, -0.15) is 0 Å². The van der Waals surface area contributed by atoms with Crippen molar-refractivity contribution in [1.82, 2.24) is 9.80 Å². The van der Waals surface area contributed by atoms with Crippen LogP contribution in [0.1, 0.15) is 39.5 Å². The first-order chi connectivity index (χ1) is 14.3. The van der Waals surface area contributed by atoms with E-state index in [9.17, 15) is 14.0 Å². The van der Waals surface area contributed by atoms with Gasteiger partial charge in [0.15, 0.2) is 0 Å². The predicted molar refractivity (Wildman–Crippen MR) is 113 cm³/mol. The van der Waals surface area contributed by atoms with Gasteiger partial charge in [0.05, 0.1) is 0 Å². The maximum absolute atomic E-state index is 13.8. The van der Waals surface area contributed by atoms with E-state index in [2.05, 4.69) is 4.90 Å². The van der Waals surface area contributed by atoms with Crippen molar-refractivity contribution in [1.29, 1.82) is 0 Å². The number of carbonyl (C=O) groups is 2. The molecule has 0 saturated carbocycles. The minimum absolute atomic E-state index is 0.102. The molecular formula is C24H28FN3O2. The van der Waals surface area contributed by atoms with Crippen LogP contribution in [0.25, 0.3) is 0 Å². The quantitative estimate of drug-likeness (QED) is 0.825. The van der Waals surface area contributed by atoms with Crippen molar-refractivity contribution in [3.63, 3.8) is 0 Å². The number of benzene rings is 2. The number of likely N-dealkylation sites (tertiary alicyclic amines) is 2. The van der Waals surface area contributed by atoms with Crippen LogP contribution in [-0.2, 0) is 4.79 Å². The molecule has 2 unspecified atom stereocenters. The zero-order chi connectivity index (χ0) is 21.4. The number of carbonyl (C=O) groups excluding carboxylic acids is 2. The Labute approximate surface area is 176 Å². The van der Waals surface area contributed by atoms with Gasteiger partial charge in [0.25, 0.3) is 5.91 Å². The minimum Gasteiger partial charge on any atom is -0.370 e. The van der Waals surface area contributed by atoms with Gasteiger partial charge in [-0.3, -0.25) is 14.5 Å². The fraction of sp³-hybridized carbons (Fsp3) is 0.417. The van der Waals surface area contributed by atoms with Gasteiger partial charge in [-0.15, -0.1) is 0 Å². The van der Waals surface area contributed by atoms with E-state index in [1.165, 1.54) is 12.1 Å². The molecule has 3 atom stereocenters. The number of hydrogen-bond donors (Lipinski definition) is 1. The van der Waals surface area contributed by atoms with Gasteiger partial charge in [0, 0.05) is 44.2 Å².